The summed E-state index contributed by atoms with van der Waals surface area (Å²) < 4.78 is 0. The maximum absolute atomic E-state index is 4.06. The molecule has 2 N–H and O–H groups in total. The minimum Gasteiger partial charge on any atom is -0.316 e. The van der Waals surface area contributed by atoms with Crippen LogP contribution in [0, 0.1) is 0 Å². The van der Waals surface area contributed by atoms with Gasteiger partial charge in [-0.3, -0.25) is 5.10 Å². The largest absolute Gasteiger partial charge is 0.316 e. The summed E-state index contributed by atoms with van der Waals surface area (Å²) in [5.41, 5.74) is 3.89. The second-order valence-corrected chi connectivity index (χ2v) is 5.89. The number of nitrogens with zero attached hydrogens (tertiary/aromatic N) is 1. The Morgan fingerprint density at radius 3 is 2.82 bits per heavy atom. The summed E-state index contributed by atoms with van der Waals surface area (Å²) in [6, 6.07) is 17.2. The van der Waals surface area contributed by atoms with Gasteiger partial charge in [0.25, 0.3) is 0 Å². The average Bonchev–Trinajstić information content (AvgIpc) is 3.03. The van der Waals surface area contributed by atoms with Gasteiger partial charge in [0.15, 0.2) is 0 Å². The van der Waals surface area contributed by atoms with Gasteiger partial charge in [-0.1, -0.05) is 49.4 Å². The SMILES string of the molecule is CC(CCNCCc1ccc2cn[nH]c2c1)c1ccccc1. The van der Waals surface area contributed by atoms with E-state index >= 15 is 0 Å². The lowest BCUT2D eigenvalue weighted by molar-refractivity contribution is 0.595. The Morgan fingerprint density at radius 2 is 1.95 bits per heavy atom. The van der Waals surface area contributed by atoms with Gasteiger partial charge in [0.1, 0.15) is 0 Å². The maximum atomic E-state index is 4.06. The number of benzene rings is 2. The first-order valence-corrected chi connectivity index (χ1v) is 8.00. The van der Waals surface area contributed by atoms with Crippen LogP contribution in [0.1, 0.15) is 30.4 Å². The third-order valence-corrected chi connectivity index (χ3v) is 4.22. The zero-order chi connectivity index (χ0) is 15.2. The van der Waals surface area contributed by atoms with Crippen LogP contribution in [0.2, 0.25) is 0 Å². The van der Waals surface area contributed by atoms with Crippen LogP contribution in [0.15, 0.2) is 54.7 Å². The number of rotatable bonds is 7. The number of aromatic nitrogens is 2. The lowest BCUT2D eigenvalue weighted by Gasteiger charge is -2.12. The van der Waals surface area contributed by atoms with Gasteiger partial charge in [0.05, 0.1) is 11.7 Å². The minimum atomic E-state index is 0.607. The van der Waals surface area contributed by atoms with E-state index in [1.54, 1.807) is 0 Å². The second-order valence-electron chi connectivity index (χ2n) is 5.89. The van der Waals surface area contributed by atoms with Crippen LogP contribution in [0.25, 0.3) is 10.9 Å². The first-order chi connectivity index (χ1) is 10.8. The van der Waals surface area contributed by atoms with E-state index in [-0.39, 0.29) is 0 Å². The van der Waals surface area contributed by atoms with Crippen molar-refractivity contribution in [3.8, 4) is 0 Å². The van der Waals surface area contributed by atoms with Crippen LogP contribution in [-0.4, -0.2) is 23.3 Å². The molecule has 22 heavy (non-hydrogen) atoms. The molecule has 0 aliphatic heterocycles. The minimum absolute atomic E-state index is 0.607. The van der Waals surface area contributed by atoms with Crippen LogP contribution in [0.4, 0.5) is 0 Å². The highest BCUT2D eigenvalue weighted by molar-refractivity contribution is 5.78. The number of H-pyrrole nitrogens is 1. The highest BCUT2D eigenvalue weighted by atomic mass is 15.1. The molecule has 3 aromatic rings. The number of hydrogen-bond acceptors (Lipinski definition) is 2. The number of aromatic amines is 1. The molecule has 3 nitrogen and oxygen atoms in total. The lowest BCUT2D eigenvalue weighted by Crippen LogP contribution is -2.19. The predicted molar refractivity (Wildman–Crippen MR) is 92.1 cm³/mol. The van der Waals surface area contributed by atoms with Gasteiger partial charge in [0, 0.05) is 5.39 Å². The Hall–Kier alpha value is -2.13. The van der Waals surface area contributed by atoms with Crippen LogP contribution in [-0.2, 0) is 6.42 Å². The summed E-state index contributed by atoms with van der Waals surface area (Å²) in [7, 11) is 0. The molecule has 1 unspecified atom stereocenters. The average molecular weight is 293 g/mol. The van der Waals surface area contributed by atoms with E-state index in [0.717, 1.165) is 25.0 Å². The molecule has 0 spiro atoms. The van der Waals surface area contributed by atoms with E-state index < -0.39 is 0 Å². The van der Waals surface area contributed by atoms with Crippen molar-refractivity contribution >= 4 is 10.9 Å². The quantitative estimate of drug-likeness (QED) is 0.649. The number of fused-ring (bicyclic) bond motifs is 1. The number of nitrogens with one attached hydrogen (secondary N) is 2. The van der Waals surface area contributed by atoms with Gasteiger partial charge in [0.2, 0.25) is 0 Å². The molecular formula is C19H23N3. The molecule has 2 aromatic carbocycles. The summed E-state index contributed by atoms with van der Waals surface area (Å²) in [6.45, 7) is 4.37. The Labute approximate surface area is 131 Å². The molecule has 0 aliphatic rings. The van der Waals surface area contributed by atoms with Crippen molar-refractivity contribution in [3.05, 3.63) is 65.9 Å². The summed E-state index contributed by atoms with van der Waals surface area (Å²) in [5.74, 6) is 0.607. The zero-order valence-corrected chi connectivity index (χ0v) is 13.0. The molecule has 0 amide bonds. The lowest BCUT2D eigenvalue weighted by atomic mass is 9.98. The standard InChI is InChI=1S/C19H23N3/c1-15(17-5-3-2-4-6-17)9-11-20-12-10-16-7-8-18-14-21-22-19(18)13-16/h2-8,13-15,20H,9-12H2,1H3,(H,21,22). The predicted octanol–water partition coefficient (Wildman–Crippen LogP) is 3.89. The molecule has 3 heteroatoms. The van der Waals surface area contributed by atoms with Crippen molar-refractivity contribution in [2.75, 3.05) is 13.1 Å². The second kappa shape index (κ2) is 7.23. The highest BCUT2D eigenvalue weighted by Crippen LogP contribution is 2.17. The van der Waals surface area contributed by atoms with Gasteiger partial charge in [-0.05, 0) is 49.0 Å². The first-order valence-electron chi connectivity index (χ1n) is 8.00. The van der Waals surface area contributed by atoms with Crippen LogP contribution >= 0.6 is 0 Å². The molecule has 0 radical (unpaired) electrons. The van der Waals surface area contributed by atoms with Crippen molar-refractivity contribution in [2.24, 2.45) is 0 Å². The third kappa shape index (κ3) is 3.74. The summed E-state index contributed by atoms with van der Waals surface area (Å²) in [5, 5.41) is 11.8. The van der Waals surface area contributed by atoms with Gasteiger partial charge in [-0.15, -0.1) is 0 Å². The molecule has 114 valence electrons. The van der Waals surface area contributed by atoms with Crippen molar-refractivity contribution in [1.82, 2.24) is 15.5 Å². The molecule has 0 saturated heterocycles. The Morgan fingerprint density at radius 1 is 1.09 bits per heavy atom. The molecule has 1 atom stereocenters. The molecule has 0 fully saturated rings. The van der Waals surface area contributed by atoms with E-state index in [0.29, 0.717) is 5.92 Å². The van der Waals surface area contributed by atoms with Gasteiger partial charge in [-0.2, -0.15) is 5.10 Å². The van der Waals surface area contributed by atoms with E-state index in [1.165, 1.54) is 22.9 Å². The topological polar surface area (TPSA) is 40.7 Å². The van der Waals surface area contributed by atoms with E-state index in [9.17, 15) is 0 Å². The van der Waals surface area contributed by atoms with Crippen molar-refractivity contribution in [2.45, 2.75) is 25.7 Å². The molecule has 0 bridgehead atoms. The molecule has 1 heterocycles. The van der Waals surface area contributed by atoms with E-state index in [2.05, 4.69) is 71.0 Å². The zero-order valence-electron chi connectivity index (χ0n) is 13.0. The Balaban J connectivity index is 1.40. The van der Waals surface area contributed by atoms with E-state index in [4.69, 9.17) is 0 Å². The monoisotopic (exact) mass is 293 g/mol. The van der Waals surface area contributed by atoms with Crippen molar-refractivity contribution in [1.29, 1.82) is 0 Å². The Bertz CT molecular complexity index is 703. The van der Waals surface area contributed by atoms with Crippen LogP contribution in [0.5, 0.6) is 0 Å². The van der Waals surface area contributed by atoms with Gasteiger partial charge in [-0.25, -0.2) is 0 Å². The smallest absolute Gasteiger partial charge is 0.0653 e. The molecule has 1 aromatic heterocycles. The number of hydrogen-bond donors (Lipinski definition) is 2. The fourth-order valence-electron chi connectivity index (χ4n) is 2.76. The molecular weight excluding hydrogens is 270 g/mol. The van der Waals surface area contributed by atoms with Crippen LogP contribution < -0.4 is 5.32 Å². The Kier molecular flexibility index (Phi) is 4.86. The summed E-state index contributed by atoms with van der Waals surface area (Å²) in [4.78, 5) is 0. The van der Waals surface area contributed by atoms with Crippen molar-refractivity contribution in [3.63, 3.8) is 0 Å². The van der Waals surface area contributed by atoms with Gasteiger partial charge < -0.3 is 5.32 Å². The fraction of sp³-hybridized carbons (Fsp3) is 0.316. The molecule has 0 aliphatic carbocycles. The fourth-order valence-corrected chi connectivity index (χ4v) is 2.76. The van der Waals surface area contributed by atoms with Crippen molar-refractivity contribution < 1.29 is 0 Å². The van der Waals surface area contributed by atoms with E-state index in [1.807, 2.05) is 6.20 Å². The first kappa shape index (κ1) is 14.8. The van der Waals surface area contributed by atoms with Gasteiger partial charge >= 0.3 is 0 Å². The maximum Gasteiger partial charge on any atom is 0.0653 e. The summed E-state index contributed by atoms with van der Waals surface area (Å²) in [6.07, 6.45) is 4.08. The molecule has 0 saturated carbocycles. The molecule has 3 rings (SSSR count). The highest BCUT2D eigenvalue weighted by Gasteiger charge is 2.04. The third-order valence-electron chi connectivity index (χ3n) is 4.22. The summed E-state index contributed by atoms with van der Waals surface area (Å²) >= 11 is 0. The normalized spacial score (nSPS) is 12.6. The van der Waals surface area contributed by atoms with Crippen LogP contribution in [0.3, 0.4) is 0 Å².